The molecular formula is C19H20ClN7O. The predicted molar refractivity (Wildman–Crippen MR) is 106 cm³/mol. The minimum atomic E-state index is -0.142. The summed E-state index contributed by atoms with van der Waals surface area (Å²) in [6.45, 7) is 1.95. The summed E-state index contributed by atoms with van der Waals surface area (Å²) in [4.78, 5) is 22.8. The fourth-order valence-electron chi connectivity index (χ4n) is 3.47. The number of rotatable bonds is 5. The first-order valence-corrected chi connectivity index (χ1v) is 9.50. The molecule has 1 saturated carbocycles. The summed E-state index contributed by atoms with van der Waals surface area (Å²) in [6, 6.07) is 5.72. The molecule has 0 spiro atoms. The van der Waals surface area contributed by atoms with E-state index in [0.717, 1.165) is 24.8 Å². The quantitative estimate of drug-likeness (QED) is 0.687. The van der Waals surface area contributed by atoms with Crippen molar-refractivity contribution in [2.75, 3.05) is 5.32 Å². The lowest BCUT2D eigenvalue weighted by Gasteiger charge is -2.23. The first-order chi connectivity index (χ1) is 13.6. The molecule has 1 aliphatic carbocycles. The SMILES string of the molecule is Cc1ccc(-n2nccn2)c(C(=O)N[C@@H]2CCC[C@@H]2Nc2cnc(Cl)cn2)c1. The summed E-state index contributed by atoms with van der Waals surface area (Å²) in [7, 11) is 0. The normalized spacial score (nSPS) is 18.8. The Labute approximate surface area is 167 Å². The minimum absolute atomic E-state index is 0.0103. The highest BCUT2D eigenvalue weighted by atomic mass is 35.5. The summed E-state index contributed by atoms with van der Waals surface area (Å²) in [5.41, 5.74) is 2.20. The third kappa shape index (κ3) is 3.96. The number of aromatic nitrogens is 5. The Hall–Kier alpha value is -3.00. The van der Waals surface area contributed by atoms with Crippen LogP contribution in [0, 0.1) is 6.92 Å². The van der Waals surface area contributed by atoms with Gasteiger partial charge in [-0.15, -0.1) is 0 Å². The van der Waals surface area contributed by atoms with Gasteiger partial charge < -0.3 is 10.6 Å². The Kier molecular flexibility index (Phi) is 5.21. The van der Waals surface area contributed by atoms with E-state index in [-0.39, 0.29) is 18.0 Å². The molecule has 2 aromatic heterocycles. The largest absolute Gasteiger partial charge is 0.364 e. The molecule has 0 bridgehead atoms. The smallest absolute Gasteiger partial charge is 0.253 e. The molecule has 8 nitrogen and oxygen atoms in total. The van der Waals surface area contributed by atoms with Gasteiger partial charge in [-0.3, -0.25) is 4.79 Å². The summed E-state index contributed by atoms with van der Waals surface area (Å²) < 4.78 is 0. The van der Waals surface area contributed by atoms with E-state index >= 15 is 0 Å². The number of nitrogens with one attached hydrogen (secondary N) is 2. The molecule has 2 atom stereocenters. The molecule has 0 aliphatic heterocycles. The van der Waals surface area contributed by atoms with E-state index in [0.29, 0.717) is 22.2 Å². The number of anilines is 1. The van der Waals surface area contributed by atoms with E-state index < -0.39 is 0 Å². The second kappa shape index (κ2) is 7.93. The van der Waals surface area contributed by atoms with Crippen LogP contribution < -0.4 is 10.6 Å². The van der Waals surface area contributed by atoms with Crippen LogP contribution in [0.5, 0.6) is 0 Å². The highest BCUT2D eigenvalue weighted by Gasteiger charge is 2.30. The van der Waals surface area contributed by atoms with Crippen LogP contribution in [0.25, 0.3) is 5.69 Å². The van der Waals surface area contributed by atoms with Crippen molar-refractivity contribution in [1.29, 1.82) is 0 Å². The zero-order valence-corrected chi connectivity index (χ0v) is 16.1. The summed E-state index contributed by atoms with van der Waals surface area (Å²) in [5.74, 6) is 0.504. The first kappa shape index (κ1) is 18.4. The van der Waals surface area contributed by atoms with Gasteiger partial charge in [0.25, 0.3) is 5.91 Å². The van der Waals surface area contributed by atoms with Crippen LogP contribution in [0.4, 0.5) is 5.82 Å². The van der Waals surface area contributed by atoms with Crippen LogP contribution in [0.15, 0.2) is 43.0 Å². The van der Waals surface area contributed by atoms with E-state index in [9.17, 15) is 4.79 Å². The molecule has 28 heavy (non-hydrogen) atoms. The van der Waals surface area contributed by atoms with E-state index in [2.05, 4.69) is 30.8 Å². The molecule has 4 rings (SSSR count). The van der Waals surface area contributed by atoms with Crippen molar-refractivity contribution < 1.29 is 4.79 Å². The Morgan fingerprint density at radius 2 is 1.93 bits per heavy atom. The highest BCUT2D eigenvalue weighted by molar-refractivity contribution is 6.29. The van der Waals surface area contributed by atoms with Crippen molar-refractivity contribution >= 4 is 23.3 Å². The van der Waals surface area contributed by atoms with E-state index in [1.54, 1.807) is 18.6 Å². The van der Waals surface area contributed by atoms with Gasteiger partial charge in [0.2, 0.25) is 0 Å². The van der Waals surface area contributed by atoms with Crippen molar-refractivity contribution in [3.63, 3.8) is 0 Å². The Balaban J connectivity index is 1.51. The molecule has 0 radical (unpaired) electrons. The molecule has 2 heterocycles. The molecule has 0 saturated heterocycles. The zero-order valence-electron chi connectivity index (χ0n) is 15.3. The number of halogens is 1. The maximum atomic E-state index is 13.1. The number of hydrogen-bond acceptors (Lipinski definition) is 6. The van der Waals surface area contributed by atoms with Crippen molar-refractivity contribution in [3.8, 4) is 5.69 Å². The monoisotopic (exact) mass is 397 g/mol. The van der Waals surface area contributed by atoms with Gasteiger partial charge in [0.15, 0.2) is 0 Å². The van der Waals surface area contributed by atoms with Crippen LogP contribution in [-0.4, -0.2) is 43.0 Å². The van der Waals surface area contributed by atoms with Crippen molar-refractivity contribution in [1.82, 2.24) is 30.3 Å². The Bertz CT molecular complexity index is 959. The average molecular weight is 398 g/mol. The highest BCUT2D eigenvalue weighted by Crippen LogP contribution is 2.24. The number of hydrogen-bond donors (Lipinski definition) is 2. The third-order valence-corrected chi connectivity index (χ3v) is 5.01. The second-order valence-corrected chi connectivity index (χ2v) is 7.21. The van der Waals surface area contributed by atoms with E-state index in [1.807, 2.05) is 25.1 Å². The molecule has 9 heteroatoms. The van der Waals surface area contributed by atoms with Crippen LogP contribution >= 0.6 is 11.6 Å². The van der Waals surface area contributed by atoms with Gasteiger partial charge in [-0.25, -0.2) is 9.97 Å². The first-order valence-electron chi connectivity index (χ1n) is 9.12. The van der Waals surface area contributed by atoms with Gasteiger partial charge >= 0.3 is 0 Å². The molecule has 1 aliphatic rings. The number of aryl methyl sites for hydroxylation is 1. The zero-order chi connectivity index (χ0) is 19.5. The minimum Gasteiger partial charge on any atom is -0.364 e. The lowest BCUT2D eigenvalue weighted by atomic mass is 10.1. The predicted octanol–water partition coefficient (Wildman–Crippen LogP) is 2.78. The van der Waals surface area contributed by atoms with Crippen LogP contribution in [-0.2, 0) is 0 Å². The summed E-state index contributed by atoms with van der Waals surface area (Å²) >= 11 is 5.79. The fourth-order valence-corrected chi connectivity index (χ4v) is 3.57. The third-order valence-electron chi connectivity index (χ3n) is 4.82. The second-order valence-electron chi connectivity index (χ2n) is 6.83. The summed E-state index contributed by atoms with van der Waals surface area (Å²) in [5, 5.41) is 15.2. The molecule has 3 aromatic rings. The average Bonchev–Trinajstić information content (AvgIpc) is 3.36. The molecule has 1 fully saturated rings. The lowest BCUT2D eigenvalue weighted by molar-refractivity contribution is 0.0935. The van der Waals surface area contributed by atoms with Crippen LogP contribution in [0.3, 0.4) is 0 Å². The number of amides is 1. The Morgan fingerprint density at radius 3 is 2.68 bits per heavy atom. The van der Waals surface area contributed by atoms with Crippen molar-refractivity contribution in [2.45, 2.75) is 38.3 Å². The molecule has 1 amide bonds. The van der Waals surface area contributed by atoms with Crippen LogP contribution in [0.2, 0.25) is 5.15 Å². The van der Waals surface area contributed by atoms with Gasteiger partial charge in [0, 0.05) is 12.1 Å². The van der Waals surface area contributed by atoms with Crippen molar-refractivity contribution in [2.24, 2.45) is 0 Å². The van der Waals surface area contributed by atoms with E-state index in [1.165, 1.54) is 11.0 Å². The Morgan fingerprint density at radius 1 is 1.14 bits per heavy atom. The fraction of sp³-hybridized carbons (Fsp3) is 0.316. The maximum absolute atomic E-state index is 13.1. The summed E-state index contributed by atoms with van der Waals surface area (Å²) in [6.07, 6.45) is 9.13. The molecule has 2 N–H and O–H groups in total. The standard InChI is InChI=1S/C19H20ClN7O/c1-12-5-6-16(27-23-7-8-24-27)13(9-12)19(28)26-15-4-2-3-14(15)25-18-11-21-17(20)10-22-18/h5-11,14-15H,2-4H2,1H3,(H,22,25)(H,26,28)/t14-,15+/m0/s1. The van der Waals surface area contributed by atoms with Crippen LogP contribution in [0.1, 0.15) is 35.2 Å². The van der Waals surface area contributed by atoms with Gasteiger partial charge in [-0.05, 0) is 38.3 Å². The molecule has 144 valence electrons. The van der Waals surface area contributed by atoms with Gasteiger partial charge in [0.1, 0.15) is 11.0 Å². The van der Waals surface area contributed by atoms with Gasteiger partial charge in [-0.2, -0.15) is 15.0 Å². The number of carbonyl (C=O) groups is 1. The van der Waals surface area contributed by atoms with Gasteiger partial charge in [-0.1, -0.05) is 23.2 Å². The molecular weight excluding hydrogens is 378 g/mol. The lowest BCUT2D eigenvalue weighted by Crippen LogP contribution is -2.43. The van der Waals surface area contributed by atoms with Gasteiger partial charge in [0.05, 0.1) is 36.0 Å². The van der Waals surface area contributed by atoms with Crippen molar-refractivity contribution in [3.05, 3.63) is 59.3 Å². The number of carbonyl (C=O) groups excluding carboxylic acids is 1. The molecule has 0 unspecified atom stereocenters. The number of nitrogens with zero attached hydrogens (tertiary/aromatic N) is 5. The number of benzene rings is 1. The van der Waals surface area contributed by atoms with E-state index in [4.69, 9.17) is 11.6 Å². The topological polar surface area (TPSA) is 97.6 Å². The molecule has 1 aromatic carbocycles. The maximum Gasteiger partial charge on any atom is 0.253 e.